The number of hydrogen-bond acceptors (Lipinski definition) is 6. The van der Waals surface area contributed by atoms with E-state index in [0.717, 1.165) is 15.6 Å². The van der Waals surface area contributed by atoms with Gasteiger partial charge in [-0.3, -0.25) is 4.98 Å². The Labute approximate surface area is 203 Å². The van der Waals surface area contributed by atoms with Crippen LogP contribution in [0.2, 0.25) is 0 Å². The molecule has 33 heavy (non-hydrogen) atoms. The third-order valence-electron chi connectivity index (χ3n) is 4.79. The second-order valence-corrected chi connectivity index (χ2v) is 8.20. The van der Waals surface area contributed by atoms with Gasteiger partial charge in [-0.15, -0.1) is 0 Å². The Hall–Kier alpha value is -3.24. The topological polar surface area (TPSA) is 77.0 Å². The molecule has 0 amide bonds. The SMILES string of the molecule is CCOc1cc(CNn2c(-c3ccncc3)n[nH]c2=S)c(Br)cc1OCc1ccccc1F. The molecule has 0 unspecified atom stereocenters. The zero-order valence-corrected chi connectivity index (χ0v) is 20.1. The molecule has 170 valence electrons. The van der Waals surface area contributed by atoms with Crippen LogP contribution in [0.3, 0.4) is 0 Å². The maximum absolute atomic E-state index is 14.0. The zero-order chi connectivity index (χ0) is 23.2. The zero-order valence-electron chi connectivity index (χ0n) is 17.7. The first-order chi connectivity index (χ1) is 16.1. The molecular formula is C23H21BrFN5O2S. The molecule has 0 radical (unpaired) electrons. The molecule has 4 rings (SSSR count). The van der Waals surface area contributed by atoms with Gasteiger partial charge >= 0.3 is 0 Å². The fourth-order valence-electron chi connectivity index (χ4n) is 3.17. The molecule has 2 N–H and O–H groups in total. The minimum Gasteiger partial charge on any atom is -0.490 e. The highest BCUT2D eigenvalue weighted by atomic mass is 79.9. The van der Waals surface area contributed by atoms with Crippen molar-refractivity contribution in [3.63, 3.8) is 0 Å². The Morgan fingerprint density at radius 3 is 2.61 bits per heavy atom. The van der Waals surface area contributed by atoms with Crippen LogP contribution in [0.15, 0.2) is 65.4 Å². The third kappa shape index (κ3) is 5.40. The molecular weight excluding hydrogens is 509 g/mol. The predicted octanol–water partition coefficient (Wildman–Crippen LogP) is 5.63. The summed E-state index contributed by atoms with van der Waals surface area (Å²) in [5, 5.41) is 7.12. The van der Waals surface area contributed by atoms with Gasteiger partial charge in [0, 0.05) is 28.0 Å². The first kappa shape index (κ1) is 22.9. The second-order valence-electron chi connectivity index (χ2n) is 6.96. The lowest BCUT2D eigenvalue weighted by Crippen LogP contribution is -2.16. The molecule has 10 heteroatoms. The fourth-order valence-corrected chi connectivity index (χ4v) is 3.83. The first-order valence-electron chi connectivity index (χ1n) is 10.2. The van der Waals surface area contributed by atoms with E-state index >= 15 is 0 Å². The van der Waals surface area contributed by atoms with Crippen LogP contribution < -0.4 is 14.9 Å². The number of nitrogens with zero attached hydrogens (tertiary/aromatic N) is 3. The Balaban J connectivity index is 1.55. The number of nitrogens with one attached hydrogen (secondary N) is 2. The summed E-state index contributed by atoms with van der Waals surface area (Å²) in [6, 6.07) is 13.9. The number of aromatic amines is 1. The van der Waals surface area contributed by atoms with Gasteiger partial charge in [0.2, 0.25) is 4.77 Å². The smallest absolute Gasteiger partial charge is 0.214 e. The van der Waals surface area contributed by atoms with E-state index in [2.05, 4.69) is 36.5 Å². The number of halogens is 2. The largest absolute Gasteiger partial charge is 0.490 e. The number of aromatic nitrogens is 4. The van der Waals surface area contributed by atoms with Crippen molar-refractivity contribution in [2.45, 2.75) is 20.1 Å². The molecule has 4 aromatic rings. The average molecular weight is 530 g/mol. The number of pyridine rings is 1. The summed E-state index contributed by atoms with van der Waals surface area (Å²) >= 11 is 8.98. The molecule has 0 bridgehead atoms. The van der Waals surface area contributed by atoms with Crippen molar-refractivity contribution in [1.29, 1.82) is 0 Å². The van der Waals surface area contributed by atoms with Crippen molar-refractivity contribution in [2.24, 2.45) is 0 Å². The quantitative estimate of drug-likeness (QED) is 0.274. The van der Waals surface area contributed by atoms with Gasteiger partial charge in [-0.05, 0) is 55.0 Å². The number of benzene rings is 2. The van der Waals surface area contributed by atoms with Crippen molar-refractivity contribution in [2.75, 3.05) is 12.0 Å². The highest BCUT2D eigenvalue weighted by Crippen LogP contribution is 2.34. The van der Waals surface area contributed by atoms with Gasteiger partial charge in [0.05, 0.1) is 13.2 Å². The van der Waals surface area contributed by atoms with Crippen LogP contribution in [0.1, 0.15) is 18.1 Å². The Morgan fingerprint density at radius 2 is 1.85 bits per heavy atom. The summed E-state index contributed by atoms with van der Waals surface area (Å²) < 4.78 is 28.6. The van der Waals surface area contributed by atoms with Gasteiger partial charge < -0.3 is 14.9 Å². The summed E-state index contributed by atoms with van der Waals surface area (Å²) in [4.78, 5) is 4.04. The first-order valence-corrected chi connectivity index (χ1v) is 11.4. The van der Waals surface area contributed by atoms with Gasteiger partial charge in [-0.25, -0.2) is 14.2 Å². The molecule has 0 aliphatic heterocycles. The molecule has 0 spiro atoms. The molecule has 0 fully saturated rings. The minimum atomic E-state index is -0.308. The van der Waals surface area contributed by atoms with Crippen LogP contribution in [0.25, 0.3) is 11.4 Å². The van der Waals surface area contributed by atoms with Crippen LogP contribution in [0.4, 0.5) is 4.39 Å². The van der Waals surface area contributed by atoms with Gasteiger partial charge in [-0.1, -0.05) is 34.1 Å². The van der Waals surface area contributed by atoms with E-state index in [1.807, 2.05) is 31.2 Å². The minimum absolute atomic E-state index is 0.0935. The summed E-state index contributed by atoms with van der Waals surface area (Å²) in [7, 11) is 0. The van der Waals surface area contributed by atoms with Gasteiger partial charge in [0.25, 0.3) is 0 Å². The highest BCUT2D eigenvalue weighted by molar-refractivity contribution is 9.10. The normalized spacial score (nSPS) is 10.8. The van der Waals surface area contributed by atoms with Crippen molar-refractivity contribution in [3.05, 3.63) is 87.1 Å². The second kappa shape index (κ2) is 10.6. The highest BCUT2D eigenvalue weighted by Gasteiger charge is 2.14. The molecule has 2 heterocycles. The molecule has 2 aromatic carbocycles. The van der Waals surface area contributed by atoms with Crippen LogP contribution >= 0.6 is 28.1 Å². The number of rotatable bonds is 9. The van der Waals surface area contributed by atoms with E-state index in [-0.39, 0.29) is 12.4 Å². The third-order valence-corrected chi connectivity index (χ3v) is 5.80. The van der Waals surface area contributed by atoms with E-state index < -0.39 is 0 Å². The Kier molecular flexibility index (Phi) is 7.36. The summed E-state index contributed by atoms with van der Waals surface area (Å²) in [6.45, 7) is 2.88. The van der Waals surface area contributed by atoms with Crippen LogP contribution in [-0.4, -0.2) is 26.5 Å². The van der Waals surface area contributed by atoms with Crippen molar-refractivity contribution in [3.8, 4) is 22.9 Å². The van der Waals surface area contributed by atoms with Crippen LogP contribution in [-0.2, 0) is 13.2 Å². The maximum Gasteiger partial charge on any atom is 0.214 e. The Morgan fingerprint density at radius 1 is 1.09 bits per heavy atom. The number of H-pyrrole nitrogens is 1. The molecule has 0 aliphatic carbocycles. The molecule has 0 saturated heterocycles. The standard InChI is InChI=1S/C23H21BrFN5O2S/c1-2-31-20-11-17(18(24)12-21(20)32-14-16-5-3-4-6-19(16)25)13-27-30-22(28-29-23(30)33)15-7-9-26-10-8-15/h3-12,27H,2,13-14H2,1H3,(H,29,33). The molecule has 0 saturated carbocycles. The van der Waals surface area contributed by atoms with Crippen molar-refractivity contribution in [1.82, 2.24) is 19.9 Å². The van der Waals surface area contributed by atoms with E-state index in [1.165, 1.54) is 6.07 Å². The van der Waals surface area contributed by atoms with Crippen molar-refractivity contribution < 1.29 is 13.9 Å². The lowest BCUT2D eigenvalue weighted by atomic mass is 10.2. The number of ether oxygens (including phenoxy) is 2. The van der Waals surface area contributed by atoms with E-state index in [1.54, 1.807) is 35.3 Å². The molecule has 0 aliphatic rings. The van der Waals surface area contributed by atoms with Crippen LogP contribution in [0.5, 0.6) is 11.5 Å². The molecule has 7 nitrogen and oxygen atoms in total. The van der Waals surface area contributed by atoms with E-state index in [9.17, 15) is 4.39 Å². The molecule has 2 aromatic heterocycles. The monoisotopic (exact) mass is 529 g/mol. The van der Waals surface area contributed by atoms with Crippen LogP contribution in [0, 0.1) is 10.6 Å². The van der Waals surface area contributed by atoms with Gasteiger partial charge in [0.1, 0.15) is 12.4 Å². The van der Waals surface area contributed by atoms with E-state index in [0.29, 0.717) is 40.8 Å². The summed E-state index contributed by atoms with van der Waals surface area (Å²) in [5.41, 5.74) is 5.55. The average Bonchev–Trinajstić information content (AvgIpc) is 3.20. The lowest BCUT2D eigenvalue weighted by Gasteiger charge is -2.16. The lowest BCUT2D eigenvalue weighted by molar-refractivity contribution is 0.265. The fraction of sp³-hybridized carbons (Fsp3) is 0.174. The van der Waals surface area contributed by atoms with Gasteiger partial charge in [-0.2, -0.15) is 5.10 Å². The maximum atomic E-state index is 14.0. The summed E-state index contributed by atoms with van der Waals surface area (Å²) in [5.74, 6) is 1.43. The number of hydrogen-bond donors (Lipinski definition) is 2. The Bertz CT molecular complexity index is 1300. The molecule has 0 atom stereocenters. The van der Waals surface area contributed by atoms with Crippen molar-refractivity contribution >= 4 is 28.1 Å². The van der Waals surface area contributed by atoms with Gasteiger partial charge in [0.15, 0.2) is 17.3 Å². The predicted molar refractivity (Wildman–Crippen MR) is 130 cm³/mol. The summed E-state index contributed by atoms with van der Waals surface area (Å²) in [6.07, 6.45) is 3.39. The van der Waals surface area contributed by atoms with E-state index in [4.69, 9.17) is 21.7 Å².